The minimum Gasteiger partial charge on any atom is -0.465 e. The van der Waals surface area contributed by atoms with Crippen LogP contribution in [0.2, 0.25) is 0 Å². The Hall–Kier alpha value is -1.12. The van der Waals surface area contributed by atoms with Crippen molar-refractivity contribution in [3.63, 3.8) is 0 Å². The van der Waals surface area contributed by atoms with Crippen molar-refractivity contribution in [2.24, 2.45) is 0 Å². The van der Waals surface area contributed by atoms with E-state index in [9.17, 15) is 13.5 Å². The number of methoxy groups -OCH3 is 1. The summed E-state index contributed by atoms with van der Waals surface area (Å²) >= 11 is 1.52. The maximum Gasteiger partial charge on any atom is 0.350 e. The maximum atomic E-state index is 12.1. The number of nitrogens with one attached hydrogen (secondary N) is 2. The molecule has 5 nitrogen and oxygen atoms in total. The number of halogens is 1. The van der Waals surface area contributed by atoms with Crippen molar-refractivity contribution in [1.82, 2.24) is 5.32 Å². The fraction of sp³-hybridized carbons (Fsp3) is 0.538. The van der Waals surface area contributed by atoms with E-state index in [4.69, 9.17) is 4.74 Å². The summed E-state index contributed by atoms with van der Waals surface area (Å²) < 4.78 is 16.6. The third kappa shape index (κ3) is 5.29. The molecule has 0 aromatic carbocycles. The number of esters is 1. The fourth-order valence-corrected chi connectivity index (χ4v) is 2.79. The molecular weight excluding hydrogens is 315 g/mol. The van der Waals surface area contributed by atoms with Crippen LogP contribution in [0.3, 0.4) is 0 Å². The number of rotatable bonds is 8. The summed E-state index contributed by atoms with van der Waals surface area (Å²) in [5.74, 6) is -0.309. The van der Waals surface area contributed by atoms with Gasteiger partial charge in [0.05, 0.1) is 18.8 Å². The summed E-state index contributed by atoms with van der Waals surface area (Å²) in [7, 11) is 1.30. The molecule has 0 saturated heterocycles. The van der Waals surface area contributed by atoms with Crippen LogP contribution in [-0.2, 0) is 9.53 Å². The van der Waals surface area contributed by atoms with Crippen LogP contribution in [0.25, 0.3) is 0 Å². The Balaban J connectivity index is 2.62. The number of anilines is 1. The van der Waals surface area contributed by atoms with Crippen LogP contribution in [0.15, 0.2) is 5.38 Å². The largest absolute Gasteiger partial charge is 0.465 e. The minimum atomic E-state index is -0.469. The number of hydrogen-bond acceptors (Lipinski definition) is 6. The van der Waals surface area contributed by atoms with Crippen molar-refractivity contribution in [2.75, 3.05) is 24.7 Å². The topological polar surface area (TPSA) is 67.4 Å². The van der Waals surface area contributed by atoms with E-state index in [1.165, 1.54) is 18.4 Å². The molecule has 2 N–H and O–H groups in total. The van der Waals surface area contributed by atoms with Crippen LogP contribution in [0.5, 0.6) is 0 Å². The zero-order valence-electron chi connectivity index (χ0n) is 12.2. The molecule has 0 fully saturated rings. The lowest BCUT2D eigenvalue weighted by Gasteiger charge is -2.14. The predicted octanol–water partition coefficient (Wildman–Crippen LogP) is 2.77. The number of carbonyl (C=O) groups is 2. The summed E-state index contributed by atoms with van der Waals surface area (Å²) in [6.45, 7) is 4.09. The van der Waals surface area contributed by atoms with Gasteiger partial charge in [0.1, 0.15) is 4.88 Å². The first-order valence-corrected chi connectivity index (χ1v) is 8.22. The quantitative estimate of drug-likeness (QED) is 0.565. The highest BCUT2D eigenvalue weighted by Gasteiger charge is 2.20. The van der Waals surface area contributed by atoms with Crippen molar-refractivity contribution < 1.29 is 18.2 Å². The fourth-order valence-electron chi connectivity index (χ4n) is 1.61. The standard InChI is InChI=1S/C13H19FN2O3S2/c1-8-7-20-11(13(18)19-3)10(8)16-12(17)9(2)15-5-4-6-21-14/h7,9,15H,4-6H2,1-3H3,(H,16,17). The Morgan fingerprint density at radius 3 is 2.86 bits per heavy atom. The number of thiophene rings is 1. The minimum absolute atomic E-state index is 0.241. The highest BCUT2D eigenvalue weighted by atomic mass is 32.2. The molecule has 0 aliphatic heterocycles. The van der Waals surface area contributed by atoms with Gasteiger partial charge in [-0.1, -0.05) is 0 Å². The van der Waals surface area contributed by atoms with E-state index in [0.717, 1.165) is 5.56 Å². The molecule has 0 aliphatic rings. The zero-order valence-corrected chi connectivity index (χ0v) is 13.8. The number of ether oxygens (including phenoxy) is 1. The van der Waals surface area contributed by atoms with E-state index in [-0.39, 0.29) is 18.1 Å². The van der Waals surface area contributed by atoms with Gasteiger partial charge in [0.15, 0.2) is 0 Å². The molecule has 0 aliphatic carbocycles. The Kier molecular flexibility index (Phi) is 7.69. The summed E-state index contributed by atoms with van der Waals surface area (Å²) in [6.07, 6.45) is 0.643. The van der Waals surface area contributed by atoms with Gasteiger partial charge in [-0.3, -0.25) is 4.79 Å². The van der Waals surface area contributed by atoms with E-state index >= 15 is 0 Å². The van der Waals surface area contributed by atoms with Gasteiger partial charge in [-0.05, 0) is 37.8 Å². The van der Waals surface area contributed by atoms with Crippen molar-refractivity contribution in [3.05, 3.63) is 15.8 Å². The van der Waals surface area contributed by atoms with Crippen molar-refractivity contribution in [3.8, 4) is 0 Å². The lowest BCUT2D eigenvalue weighted by Crippen LogP contribution is -2.38. The van der Waals surface area contributed by atoms with Gasteiger partial charge in [0, 0.05) is 17.9 Å². The maximum absolute atomic E-state index is 12.1. The molecule has 21 heavy (non-hydrogen) atoms. The van der Waals surface area contributed by atoms with Gasteiger partial charge in [0.2, 0.25) is 5.91 Å². The number of carbonyl (C=O) groups excluding carboxylic acids is 2. The summed E-state index contributed by atoms with van der Waals surface area (Å²) in [6, 6.07) is -0.431. The van der Waals surface area contributed by atoms with Crippen LogP contribution in [0.4, 0.5) is 9.57 Å². The summed E-state index contributed by atoms with van der Waals surface area (Å²) in [4.78, 5) is 24.1. The molecule has 1 heterocycles. The average Bonchev–Trinajstić information content (AvgIpc) is 2.83. The predicted molar refractivity (Wildman–Crippen MR) is 84.7 cm³/mol. The molecule has 1 aromatic rings. The Bertz CT molecular complexity index is 494. The van der Waals surface area contributed by atoms with Gasteiger partial charge in [-0.2, -0.15) is 3.89 Å². The van der Waals surface area contributed by atoms with Gasteiger partial charge in [0.25, 0.3) is 0 Å². The SMILES string of the molecule is COC(=O)c1scc(C)c1NC(=O)C(C)NCCCSF. The molecule has 1 aromatic heterocycles. The lowest BCUT2D eigenvalue weighted by molar-refractivity contribution is -0.117. The van der Waals surface area contributed by atoms with Crippen molar-refractivity contribution in [1.29, 1.82) is 0 Å². The number of amides is 1. The molecule has 1 unspecified atom stereocenters. The molecular formula is C13H19FN2O3S2. The number of aryl methyl sites for hydroxylation is 1. The second-order valence-corrected chi connectivity index (χ2v) is 5.95. The van der Waals surface area contributed by atoms with Crippen LogP contribution in [0.1, 0.15) is 28.6 Å². The smallest absolute Gasteiger partial charge is 0.350 e. The first-order valence-electron chi connectivity index (χ1n) is 6.45. The molecule has 0 radical (unpaired) electrons. The van der Waals surface area contributed by atoms with Crippen LogP contribution >= 0.6 is 23.5 Å². The normalized spacial score (nSPS) is 12.0. The highest BCUT2D eigenvalue weighted by Crippen LogP contribution is 2.28. The van der Waals surface area contributed by atoms with Gasteiger partial charge in [-0.25, -0.2) is 4.79 Å². The van der Waals surface area contributed by atoms with E-state index in [1.54, 1.807) is 12.3 Å². The monoisotopic (exact) mass is 334 g/mol. The van der Waals surface area contributed by atoms with E-state index in [2.05, 4.69) is 10.6 Å². The first-order chi connectivity index (χ1) is 10.0. The first kappa shape index (κ1) is 17.9. The second-order valence-electron chi connectivity index (χ2n) is 4.45. The van der Waals surface area contributed by atoms with Crippen LogP contribution < -0.4 is 10.6 Å². The number of hydrogen-bond donors (Lipinski definition) is 2. The molecule has 1 amide bonds. The van der Waals surface area contributed by atoms with E-state index < -0.39 is 12.0 Å². The second kappa shape index (κ2) is 9.01. The Morgan fingerprint density at radius 2 is 2.24 bits per heavy atom. The average molecular weight is 334 g/mol. The molecule has 1 rings (SSSR count). The third-order valence-electron chi connectivity index (χ3n) is 2.84. The molecule has 0 bridgehead atoms. The lowest BCUT2D eigenvalue weighted by atomic mass is 10.2. The molecule has 0 saturated carbocycles. The highest BCUT2D eigenvalue weighted by molar-refractivity contribution is 7.94. The van der Waals surface area contributed by atoms with Crippen LogP contribution in [0, 0.1) is 6.92 Å². The third-order valence-corrected chi connectivity index (χ3v) is 4.36. The molecule has 118 valence electrons. The Labute approximate surface area is 131 Å². The van der Waals surface area contributed by atoms with E-state index in [0.29, 0.717) is 29.3 Å². The summed E-state index contributed by atoms with van der Waals surface area (Å²) in [5, 5.41) is 7.54. The Morgan fingerprint density at radius 1 is 1.52 bits per heavy atom. The molecule has 1 atom stereocenters. The zero-order chi connectivity index (χ0) is 15.8. The molecule has 0 spiro atoms. The van der Waals surface area contributed by atoms with Crippen molar-refractivity contribution in [2.45, 2.75) is 26.3 Å². The van der Waals surface area contributed by atoms with Gasteiger partial charge in [-0.15, -0.1) is 11.3 Å². The summed E-state index contributed by atoms with van der Waals surface area (Å²) in [5.41, 5.74) is 1.31. The van der Waals surface area contributed by atoms with Crippen molar-refractivity contribution >= 4 is 41.0 Å². The molecule has 8 heteroatoms. The van der Waals surface area contributed by atoms with E-state index in [1.807, 2.05) is 6.92 Å². The van der Waals surface area contributed by atoms with Crippen LogP contribution in [-0.4, -0.2) is 37.3 Å². The van der Waals surface area contributed by atoms with Gasteiger partial charge >= 0.3 is 5.97 Å². The van der Waals surface area contributed by atoms with Gasteiger partial charge < -0.3 is 15.4 Å².